The minimum Gasteiger partial charge on any atom is -0.422 e. The van der Waals surface area contributed by atoms with E-state index in [-0.39, 0.29) is 16.9 Å². The normalized spacial score (nSPS) is 10.2. The summed E-state index contributed by atoms with van der Waals surface area (Å²) in [5.41, 5.74) is 1.01. The zero-order chi connectivity index (χ0) is 18.7. The lowest BCUT2D eigenvalue weighted by Crippen LogP contribution is -2.12. The van der Waals surface area contributed by atoms with Crippen LogP contribution in [0.1, 0.15) is 13.8 Å². The molecule has 0 bridgehead atoms. The highest BCUT2D eigenvalue weighted by molar-refractivity contribution is 6.31. The fourth-order valence-corrected chi connectivity index (χ4v) is 2.26. The van der Waals surface area contributed by atoms with Gasteiger partial charge in [-0.2, -0.15) is 0 Å². The molecule has 5 nitrogen and oxygen atoms in total. The molecular formula is C19H18ClNO4. The Morgan fingerprint density at radius 3 is 2.16 bits per heavy atom. The molecule has 2 rings (SSSR count). The van der Waals surface area contributed by atoms with Gasteiger partial charge in [0.15, 0.2) is 5.75 Å². The maximum Gasteiger partial charge on any atom is 0.338 e. The van der Waals surface area contributed by atoms with Crippen molar-refractivity contribution in [2.45, 2.75) is 13.8 Å². The number of nitrogens with one attached hydrogen (secondary N) is 1. The Labute approximate surface area is 150 Å². The van der Waals surface area contributed by atoms with E-state index in [1.54, 1.807) is 45.2 Å². The number of rotatable bonds is 5. The summed E-state index contributed by atoms with van der Waals surface area (Å²) >= 11 is 6.08. The van der Waals surface area contributed by atoms with E-state index in [2.05, 4.69) is 18.5 Å². The smallest absolute Gasteiger partial charge is 0.338 e. The molecular weight excluding hydrogens is 342 g/mol. The monoisotopic (exact) mass is 359 g/mol. The van der Waals surface area contributed by atoms with Gasteiger partial charge in [0.05, 0.1) is 5.69 Å². The maximum atomic E-state index is 12.0. The fourth-order valence-electron chi connectivity index (χ4n) is 2.08. The van der Waals surface area contributed by atoms with E-state index in [9.17, 15) is 9.59 Å². The molecule has 0 radical (unpaired) electrons. The molecule has 0 amide bonds. The van der Waals surface area contributed by atoms with Gasteiger partial charge in [-0.15, -0.1) is 0 Å². The summed E-state index contributed by atoms with van der Waals surface area (Å²) in [7, 11) is 1.67. The van der Waals surface area contributed by atoms with Crippen LogP contribution in [0.3, 0.4) is 0 Å². The number of hydrogen-bond acceptors (Lipinski definition) is 5. The molecule has 2 aromatic carbocycles. The van der Waals surface area contributed by atoms with E-state index in [1.807, 2.05) is 0 Å². The van der Waals surface area contributed by atoms with E-state index < -0.39 is 11.9 Å². The summed E-state index contributed by atoms with van der Waals surface area (Å²) in [5.74, 6) is -0.531. The predicted molar refractivity (Wildman–Crippen MR) is 99.4 cm³/mol. The van der Waals surface area contributed by atoms with Crippen LogP contribution < -0.4 is 14.8 Å². The predicted octanol–water partition coefficient (Wildman–Crippen LogP) is 4.50. The van der Waals surface area contributed by atoms with E-state index in [0.29, 0.717) is 27.2 Å². The molecule has 0 aliphatic heterocycles. The molecule has 6 heteroatoms. The molecule has 0 saturated heterocycles. The molecule has 130 valence electrons. The van der Waals surface area contributed by atoms with Crippen molar-refractivity contribution in [2.75, 3.05) is 12.4 Å². The van der Waals surface area contributed by atoms with Crippen molar-refractivity contribution in [3.8, 4) is 11.5 Å². The molecule has 0 heterocycles. The van der Waals surface area contributed by atoms with E-state index in [4.69, 9.17) is 21.1 Å². The number of hydrogen-bond donors (Lipinski definition) is 1. The van der Waals surface area contributed by atoms with Crippen LogP contribution in [0.25, 0.3) is 10.8 Å². The fraction of sp³-hybridized carbons (Fsp3) is 0.158. The SMILES string of the molecule is C=C(C)C(=O)Oc1cc(NC)c(OC(=O)C(=C)C)c2ccc(Cl)cc12. The van der Waals surface area contributed by atoms with Gasteiger partial charge in [0.1, 0.15) is 5.75 Å². The number of halogens is 1. The second-order valence-corrected chi connectivity index (χ2v) is 5.97. The maximum absolute atomic E-state index is 12.0. The van der Waals surface area contributed by atoms with Crippen LogP contribution in [0.5, 0.6) is 11.5 Å². The van der Waals surface area contributed by atoms with E-state index in [0.717, 1.165) is 0 Å². The molecule has 0 atom stereocenters. The lowest BCUT2D eigenvalue weighted by atomic mass is 10.1. The lowest BCUT2D eigenvalue weighted by molar-refractivity contribution is -0.131. The first-order valence-corrected chi connectivity index (χ1v) is 7.81. The topological polar surface area (TPSA) is 64.6 Å². The van der Waals surface area contributed by atoms with Crippen LogP contribution in [0.4, 0.5) is 5.69 Å². The third-order valence-electron chi connectivity index (χ3n) is 3.38. The summed E-state index contributed by atoms with van der Waals surface area (Å²) in [4.78, 5) is 23.9. The number of anilines is 1. The molecule has 0 unspecified atom stereocenters. The molecule has 25 heavy (non-hydrogen) atoms. The first-order valence-electron chi connectivity index (χ1n) is 7.44. The van der Waals surface area contributed by atoms with Crippen molar-refractivity contribution in [1.29, 1.82) is 0 Å². The van der Waals surface area contributed by atoms with Crippen molar-refractivity contribution in [3.63, 3.8) is 0 Å². The Balaban J connectivity index is 2.70. The van der Waals surface area contributed by atoms with Crippen molar-refractivity contribution in [3.05, 3.63) is 53.6 Å². The van der Waals surface area contributed by atoms with Crippen LogP contribution in [0.15, 0.2) is 48.6 Å². The van der Waals surface area contributed by atoms with Gasteiger partial charge in [0, 0.05) is 40.1 Å². The molecule has 1 N–H and O–H groups in total. The molecule has 0 aromatic heterocycles. The van der Waals surface area contributed by atoms with Crippen molar-refractivity contribution in [1.82, 2.24) is 0 Å². The Hall–Kier alpha value is -2.79. The van der Waals surface area contributed by atoms with E-state index >= 15 is 0 Å². The minimum atomic E-state index is -0.560. The molecule has 0 saturated carbocycles. The highest BCUT2D eigenvalue weighted by Crippen LogP contribution is 2.41. The second-order valence-electron chi connectivity index (χ2n) is 5.53. The number of benzene rings is 2. The molecule has 0 fully saturated rings. The first-order chi connectivity index (χ1) is 11.7. The summed E-state index contributed by atoms with van der Waals surface area (Å²) in [6.07, 6.45) is 0. The standard InChI is InChI=1S/C19H18ClNO4/c1-10(2)18(22)24-16-9-15(21-5)17(25-19(23)11(3)4)13-7-6-12(20)8-14(13)16/h6-9,21H,1,3H2,2,4-5H3. The third kappa shape index (κ3) is 4.00. The Bertz CT molecular complexity index is 902. The Morgan fingerprint density at radius 1 is 1.00 bits per heavy atom. The molecule has 0 aliphatic rings. The molecule has 0 spiro atoms. The van der Waals surface area contributed by atoms with Gasteiger partial charge in [-0.25, -0.2) is 9.59 Å². The highest BCUT2D eigenvalue weighted by Gasteiger charge is 2.19. The van der Waals surface area contributed by atoms with Crippen LogP contribution in [0, 0.1) is 0 Å². The largest absolute Gasteiger partial charge is 0.422 e. The van der Waals surface area contributed by atoms with Gasteiger partial charge in [-0.05, 0) is 32.0 Å². The van der Waals surface area contributed by atoms with Crippen LogP contribution in [-0.2, 0) is 9.59 Å². The number of carbonyl (C=O) groups is 2. The van der Waals surface area contributed by atoms with Gasteiger partial charge in [-0.3, -0.25) is 0 Å². The Kier molecular flexibility index (Phi) is 5.49. The summed E-state index contributed by atoms with van der Waals surface area (Å²) in [6.45, 7) is 10.3. The summed E-state index contributed by atoms with van der Waals surface area (Å²) in [6, 6.07) is 6.55. The molecule has 2 aromatic rings. The minimum absolute atomic E-state index is 0.263. The van der Waals surface area contributed by atoms with Gasteiger partial charge in [0.25, 0.3) is 0 Å². The average molecular weight is 360 g/mol. The van der Waals surface area contributed by atoms with Crippen LogP contribution >= 0.6 is 11.6 Å². The summed E-state index contributed by atoms with van der Waals surface area (Å²) < 4.78 is 10.9. The summed E-state index contributed by atoms with van der Waals surface area (Å²) in [5, 5.41) is 4.49. The van der Waals surface area contributed by atoms with Crippen LogP contribution in [-0.4, -0.2) is 19.0 Å². The third-order valence-corrected chi connectivity index (χ3v) is 3.61. The zero-order valence-electron chi connectivity index (χ0n) is 14.2. The van der Waals surface area contributed by atoms with E-state index in [1.165, 1.54) is 0 Å². The second kappa shape index (κ2) is 7.40. The van der Waals surface area contributed by atoms with Gasteiger partial charge in [-0.1, -0.05) is 24.8 Å². The number of esters is 2. The van der Waals surface area contributed by atoms with Gasteiger partial charge in [0.2, 0.25) is 0 Å². The average Bonchev–Trinajstić information content (AvgIpc) is 2.56. The lowest BCUT2D eigenvalue weighted by Gasteiger charge is -2.16. The van der Waals surface area contributed by atoms with Crippen molar-refractivity contribution in [2.24, 2.45) is 0 Å². The number of carbonyl (C=O) groups excluding carboxylic acids is 2. The van der Waals surface area contributed by atoms with Crippen molar-refractivity contribution >= 4 is 40.0 Å². The zero-order valence-corrected chi connectivity index (χ0v) is 15.0. The van der Waals surface area contributed by atoms with Crippen molar-refractivity contribution < 1.29 is 19.1 Å². The Morgan fingerprint density at radius 2 is 1.60 bits per heavy atom. The molecule has 0 aliphatic carbocycles. The van der Waals surface area contributed by atoms with Gasteiger partial charge >= 0.3 is 11.9 Å². The van der Waals surface area contributed by atoms with Crippen LogP contribution in [0.2, 0.25) is 5.02 Å². The number of fused-ring (bicyclic) bond motifs is 1. The van der Waals surface area contributed by atoms with Gasteiger partial charge < -0.3 is 14.8 Å². The number of ether oxygens (including phenoxy) is 2. The first kappa shape index (κ1) is 18.5. The highest BCUT2D eigenvalue weighted by atomic mass is 35.5. The quantitative estimate of drug-likeness (QED) is 0.484.